The second kappa shape index (κ2) is 3.35. The molecule has 1 heterocycles. The van der Waals surface area contributed by atoms with Crippen LogP contribution in [0, 0.1) is 18.3 Å². The molecule has 1 rings (SSSR count). The zero-order valence-electron chi connectivity index (χ0n) is 6.52. The number of hydrogen-bond donors (Lipinski definition) is 2. The van der Waals surface area contributed by atoms with Crippen molar-refractivity contribution in [3.63, 3.8) is 0 Å². The fourth-order valence-electron chi connectivity index (χ4n) is 0.935. The maximum absolute atomic E-state index is 8.82. The van der Waals surface area contributed by atoms with Gasteiger partial charge in [0, 0.05) is 17.9 Å². The lowest BCUT2D eigenvalue weighted by molar-refractivity contribution is 0.425. The molecule has 0 radical (unpaired) electrons. The highest BCUT2D eigenvalue weighted by atomic mass is 16.4. The molecule has 0 fully saturated rings. The Morgan fingerprint density at radius 1 is 1.50 bits per heavy atom. The standard InChI is InChI=1S/C7H7BN2O2/c1-5-3-10-4-7(8(11)12)6(5)2-9/h3-4,11-12H,1H3. The average molecular weight is 162 g/mol. The van der Waals surface area contributed by atoms with Gasteiger partial charge in [0.2, 0.25) is 0 Å². The predicted molar refractivity (Wildman–Crippen MR) is 43.5 cm³/mol. The van der Waals surface area contributed by atoms with Crippen LogP contribution in [0.5, 0.6) is 0 Å². The van der Waals surface area contributed by atoms with Crippen LogP contribution in [-0.2, 0) is 0 Å². The van der Waals surface area contributed by atoms with Crippen molar-refractivity contribution in [2.75, 3.05) is 0 Å². The number of aromatic nitrogens is 1. The lowest BCUT2D eigenvalue weighted by Crippen LogP contribution is -2.33. The zero-order valence-corrected chi connectivity index (χ0v) is 6.52. The number of hydrogen-bond acceptors (Lipinski definition) is 4. The van der Waals surface area contributed by atoms with Crippen molar-refractivity contribution >= 4 is 12.6 Å². The Kier molecular flexibility index (Phi) is 2.43. The summed E-state index contributed by atoms with van der Waals surface area (Å²) in [4.78, 5) is 3.74. The third kappa shape index (κ3) is 1.45. The first-order chi connectivity index (χ1) is 5.66. The van der Waals surface area contributed by atoms with Gasteiger partial charge in [-0.15, -0.1) is 0 Å². The van der Waals surface area contributed by atoms with Crippen molar-refractivity contribution in [3.05, 3.63) is 23.5 Å². The van der Waals surface area contributed by atoms with Crippen LogP contribution in [0.3, 0.4) is 0 Å². The number of pyridine rings is 1. The van der Waals surface area contributed by atoms with Gasteiger partial charge in [0.1, 0.15) is 0 Å². The van der Waals surface area contributed by atoms with E-state index < -0.39 is 7.12 Å². The van der Waals surface area contributed by atoms with Gasteiger partial charge in [-0.05, 0) is 12.5 Å². The van der Waals surface area contributed by atoms with Crippen LogP contribution in [0.2, 0.25) is 0 Å². The fraction of sp³-hybridized carbons (Fsp3) is 0.143. The molecule has 12 heavy (non-hydrogen) atoms. The molecule has 0 aromatic carbocycles. The van der Waals surface area contributed by atoms with Crippen LogP contribution >= 0.6 is 0 Å². The van der Waals surface area contributed by atoms with Gasteiger partial charge in [-0.3, -0.25) is 4.98 Å². The summed E-state index contributed by atoms with van der Waals surface area (Å²) >= 11 is 0. The van der Waals surface area contributed by atoms with Gasteiger partial charge in [0.25, 0.3) is 0 Å². The Morgan fingerprint density at radius 3 is 2.58 bits per heavy atom. The van der Waals surface area contributed by atoms with Gasteiger partial charge in [-0.2, -0.15) is 5.26 Å². The van der Waals surface area contributed by atoms with Gasteiger partial charge < -0.3 is 10.0 Å². The summed E-state index contributed by atoms with van der Waals surface area (Å²) < 4.78 is 0. The summed E-state index contributed by atoms with van der Waals surface area (Å²) in [6.07, 6.45) is 2.78. The Bertz CT molecular complexity index is 333. The molecule has 60 valence electrons. The normalized spacial score (nSPS) is 9.17. The van der Waals surface area contributed by atoms with Crippen LogP contribution < -0.4 is 5.46 Å². The molecule has 0 saturated carbocycles. The van der Waals surface area contributed by atoms with Crippen LogP contribution in [0.15, 0.2) is 12.4 Å². The average Bonchev–Trinajstić information content (AvgIpc) is 2.03. The van der Waals surface area contributed by atoms with Crippen LogP contribution in [-0.4, -0.2) is 22.2 Å². The van der Waals surface area contributed by atoms with Crippen molar-refractivity contribution in [3.8, 4) is 6.07 Å². The molecule has 0 amide bonds. The fourth-order valence-corrected chi connectivity index (χ4v) is 0.935. The first-order valence-corrected chi connectivity index (χ1v) is 3.37. The molecule has 1 aromatic rings. The van der Waals surface area contributed by atoms with Gasteiger partial charge >= 0.3 is 7.12 Å². The van der Waals surface area contributed by atoms with Crippen molar-refractivity contribution < 1.29 is 10.0 Å². The second-order valence-electron chi connectivity index (χ2n) is 2.41. The summed E-state index contributed by atoms with van der Waals surface area (Å²) in [6, 6.07) is 1.89. The van der Waals surface area contributed by atoms with Crippen LogP contribution in [0.25, 0.3) is 0 Å². The second-order valence-corrected chi connectivity index (χ2v) is 2.41. The summed E-state index contributed by atoms with van der Waals surface area (Å²) in [6.45, 7) is 1.69. The van der Waals surface area contributed by atoms with Gasteiger partial charge in [0.05, 0.1) is 11.6 Å². The molecule has 0 bridgehead atoms. The SMILES string of the molecule is Cc1cncc(B(O)O)c1C#N. The van der Waals surface area contributed by atoms with E-state index in [1.807, 2.05) is 6.07 Å². The van der Waals surface area contributed by atoms with Gasteiger partial charge in [0.15, 0.2) is 0 Å². The molecule has 0 saturated heterocycles. The monoisotopic (exact) mass is 162 g/mol. The summed E-state index contributed by atoms with van der Waals surface area (Å²) in [5.41, 5.74) is 1.07. The van der Waals surface area contributed by atoms with Crippen molar-refractivity contribution in [2.24, 2.45) is 0 Å². The minimum absolute atomic E-state index is 0.150. The van der Waals surface area contributed by atoms with Crippen molar-refractivity contribution in [1.29, 1.82) is 5.26 Å². The lowest BCUT2D eigenvalue weighted by Gasteiger charge is -2.02. The van der Waals surface area contributed by atoms with E-state index in [0.717, 1.165) is 0 Å². The molecule has 0 aliphatic rings. The number of nitrogens with zero attached hydrogens (tertiary/aromatic N) is 2. The number of aryl methyl sites for hydroxylation is 1. The topological polar surface area (TPSA) is 77.1 Å². The van der Waals surface area contributed by atoms with Gasteiger partial charge in [-0.25, -0.2) is 0 Å². The molecular weight excluding hydrogens is 155 g/mol. The lowest BCUT2D eigenvalue weighted by atomic mass is 9.77. The first-order valence-electron chi connectivity index (χ1n) is 3.37. The molecule has 5 heteroatoms. The Morgan fingerprint density at radius 2 is 2.17 bits per heavy atom. The summed E-state index contributed by atoms with van der Waals surface area (Å²) in [5.74, 6) is 0. The predicted octanol–water partition coefficient (Wildman–Crippen LogP) is -1.06. The number of nitriles is 1. The molecule has 0 aliphatic heterocycles. The molecule has 1 aromatic heterocycles. The van der Waals surface area contributed by atoms with E-state index in [-0.39, 0.29) is 11.0 Å². The van der Waals surface area contributed by atoms with Crippen LogP contribution in [0.1, 0.15) is 11.1 Å². The summed E-state index contributed by atoms with van der Waals surface area (Å²) in [5, 5.41) is 26.3. The van der Waals surface area contributed by atoms with E-state index in [4.69, 9.17) is 15.3 Å². The molecular formula is C7H7BN2O2. The van der Waals surface area contributed by atoms with Crippen molar-refractivity contribution in [2.45, 2.75) is 6.92 Å². The molecule has 0 spiro atoms. The summed E-state index contributed by atoms with van der Waals surface area (Å²) in [7, 11) is -1.63. The van der Waals surface area contributed by atoms with Crippen LogP contribution in [0.4, 0.5) is 0 Å². The highest BCUT2D eigenvalue weighted by molar-refractivity contribution is 6.59. The number of rotatable bonds is 1. The van der Waals surface area contributed by atoms with Crippen molar-refractivity contribution in [1.82, 2.24) is 4.98 Å². The van der Waals surface area contributed by atoms with E-state index in [2.05, 4.69) is 4.98 Å². The molecule has 0 unspecified atom stereocenters. The smallest absolute Gasteiger partial charge is 0.423 e. The van der Waals surface area contributed by atoms with E-state index in [9.17, 15) is 0 Å². The quantitative estimate of drug-likeness (QED) is 0.516. The minimum atomic E-state index is -1.63. The largest absolute Gasteiger partial charge is 0.491 e. The maximum atomic E-state index is 8.82. The van der Waals surface area contributed by atoms with E-state index in [0.29, 0.717) is 5.56 Å². The Hall–Kier alpha value is -1.38. The first kappa shape index (κ1) is 8.72. The zero-order chi connectivity index (χ0) is 9.14. The highest BCUT2D eigenvalue weighted by Crippen LogP contribution is 2.00. The van der Waals surface area contributed by atoms with E-state index in [1.165, 1.54) is 12.4 Å². The molecule has 2 N–H and O–H groups in total. The molecule has 0 atom stereocenters. The third-order valence-corrected chi connectivity index (χ3v) is 1.55. The Balaban J connectivity index is 3.30. The minimum Gasteiger partial charge on any atom is -0.423 e. The maximum Gasteiger partial charge on any atom is 0.491 e. The van der Waals surface area contributed by atoms with Gasteiger partial charge in [-0.1, -0.05) is 0 Å². The molecule has 4 nitrogen and oxygen atoms in total. The van der Waals surface area contributed by atoms with E-state index >= 15 is 0 Å². The molecule has 0 aliphatic carbocycles. The Labute approximate surface area is 70.3 Å². The highest BCUT2D eigenvalue weighted by Gasteiger charge is 2.17. The third-order valence-electron chi connectivity index (χ3n) is 1.55. The van der Waals surface area contributed by atoms with E-state index in [1.54, 1.807) is 6.92 Å².